The van der Waals surface area contributed by atoms with Gasteiger partial charge in [0, 0.05) is 5.57 Å². The van der Waals surface area contributed by atoms with Crippen molar-refractivity contribution in [2.45, 2.75) is 52.4 Å². The van der Waals surface area contributed by atoms with Crippen molar-refractivity contribution in [3.8, 4) is 0 Å². The summed E-state index contributed by atoms with van der Waals surface area (Å²) in [5.41, 5.74) is 0.473. The number of esters is 1. The number of nitrogens with zero attached hydrogens (tertiary/aromatic N) is 1. The lowest BCUT2D eigenvalue weighted by molar-refractivity contribution is -0.890. The second-order valence-electron chi connectivity index (χ2n) is 6.07. The topological polar surface area (TPSA) is 26.3 Å². The highest BCUT2D eigenvalue weighted by atomic mass is 35.5. The minimum absolute atomic E-state index is 0. The van der Waals surface area contributed by atoms with Crippen LogP contribution in [0.4, 0.5) is 0 Å². The quantitative estimate of drug-likeness (QED) is 0.241. The van der Waals surface area contributed by atoms with Crippen molar-refractivity contribution >= 4 is 5.97 Å². The van der Waals surface area contributed by atoms with E-state index in [0.29, 0.717) is 12.2 Å². The second-order valence-corrected chi connectivity index (χ2v) is 6.07. The van der Waals surface area contributed by atoms with Crippen molar-refractivity contribution in [2.24, 2.45) is 0 Å². The van der Waals surface area contributed by atoms with Crippen molar-refractivity contribution in [3.05, 3.63) is 12.2 Å². The molecule has 3 nitrogen and oxygen atoms in total. The maximum absolute atomic E-state index is 11.3. The molecule has 0 aliphatic carbocycles. The number of quaternary nitrogens is 1. The Kier molecular flexibility index (Phi) is 13.3. The molecule has 0 aromatic rings. The number of carbonyl (C=O) groups excluding carboxylic acids is 1. The first-order valence-electron chi connectivity index (χ1n) is 7.53. The molecule has 0 N–H and O–H groups in total. The summed E-state index contributed by atoms with van der Waals surface area (Å²) in [5, 5.41) is 0. The molecule has 0 fully saturated rings. The lowest BCUT2D eigenvalue weighted by Crippen LogP contribution is -3.00. The molecular formula is C16H32ClNO2. The van der Waals surface area contributed by atoms with Crippen molar-refractivity contribution in [2.75, 3.05) is 33.8 Å². The van der Waals surface area contributed by atoms with Crippen molar-refractivity contribution in [1.29, 1.82) is 0 Å². The third-order valence-electron chi connectivity index (χ3n) is 3.40. The Balaban J connectivity index is 0. The largest absolute Gasteiger partial charge is 1.00 e. The van der Waals surface area contributed by atoms with Gasteiger partial charge >= 0.3 is 5.97 Å². The van der Waals surface area contributed by atoms with E-state index in [2.05, 4.69) is 27.6 Å². The summed E-state index contributed by atoms with van der Waals surface area (Å²) in [6.45, 7) is 10.00. The Bertz CT molecular complexity index is 278. The van der Waals surface area contributed by atoms with Gasteiger partial charge in [0.1, 0.15) is 13.2 Å². The van der Waals surface area contributed by atoms with Crippen molar-refractivity contribution < 1.29 is 26.4 Å². The van der Waals surface area contributed by atoms with Gasteiger partial charge in [0.2, 0.25) is 0 Å². The lowest BCUT2D eigenvalue weighted by Gasteiger charge is -2.29. The van der Waals surface area contributed by atoms with Crippen LogP contribution < -0.4 is 12.4 Å². The third kappa shape index (κ3) is 12.5. The predicted octanol–water partition coefficient (Wildman–Crippen LogP) is 0.547. The average Bonchev–Trinajstić information content (AvgIpc) is 2.33. The fourth-order valence-corrected chi connectivity index (χ4v) is 1.94. The van der Waals surface area contributed by atoms with Crippen LogP contribution in [-0.2, 0) is 9.53 Å². The zero-order valence-corrected chi connectivity index (χ0v) is 14.5. The summed E-state index contributed by atoms with van der Waals surface area (Å²) in [6, 6.07) is 0. The van der Waals surface area contributed by atoms with Crippen LogP contribution in [0.3, 0.4) is 0 Å². The van der Waals surface area contributed by atoms with Crippen LogP contribution in [0.2, 0.25) is 0 Å². The standard InChI is InChI=1S/C16H32NO2.ClH/c1-6-7-8-9-10-11-12-17(4,5)13-14-19-16(18)15(2)3;/h2,6-14H2,1,3-5H3;1H/q+1;/p-1. The lowest BCUT2D eigenvalue weighted by atomic mass is 10.1. The molecular weight excluding hydrogens is 274 g/mol. The Morgan fingerprint density at radius 3 is 2.15 bits per heavy atom. The number of carbonyl (C=O) groups is 1. The summed E-state index contributed by atoms with van der Waals surface area (Å²) >= 11 is 0. The fraction of sp³-hybridized carbons (Fsp3) is 0.812. The maximum Gasteiger partial charge on any atom is 0.333 e. The number of likely N-dealkylation sites (N-methyl/N-ethyl adjacent to an activating group) is 1. The van der Waals surface area contributed by atoms with Crippen molar-refractivity contribution in [1.82, 2.24) is 0 Å². The van der Waals surface area contributed by atoms with E-state index >= 15 is 0 Å². The number of halogens is 1. The molecule has 20 heavy (non-hydrogen) atoms. The molecule has 0 aliphatic heterocycles. The first-order valence-corrected chi connectivity index (χ1v) is 7.53. The number of unbranched alkanes of at least 4 members (excludes halogenated alkanes) is 5. The fourth-order valence-electron chi connectivity index (χ4n) is 1.94. The Morgan fingerprint density at radius 1 is 1.05 bits per heavy atom. The SMILES string of the molecule is C=C(C)C(=O)OCC[N+](C)(C)CCCCCCCC.[Cl-]. The summed E-state index contributed by atoms with van der Waals surface area (Å²) in [4.78, 5) is 11.3. The van der Waals surface area contributed by atoms with Gasteiger partial charge in [-0.1, -0.05) is 39.2 Å². The highest BCUT2D eigenvalue weighted by Gasteiger charge is 2.15. The molecule has 0 heterocycles. The zero-order valence-electron chi connectivity index (χ0n) is 13.7. The Hall–Kier alpha value is -0.540. The summed E-state index contributed by atoms with van der Waals surface area (Å²) < 4.78 is 6.06. The molecule has 4 heteroatoms. The highest BCUT2D eigenvalue weighted by molar-refractivity contribution is 5.86. The van der Waals surface area contributed by atoms with Gasteiger partial charge < -0.3 is 21.6 Å². The predicted molar refractivity (Wildman–Crippen MR) is 81.0 cm³/mol. The molecule has 0 aromatic carbocycles. The van der Waals surface area contributed by atoms with Gasteiger partial charge in [-0.15, -0.1) is 0 Å². The maximum atomic E-state index is 11.3. The molecule has 0 radical (unpaired) electrons. The van der Waals surface area contributed by atoms with E-state index in [1.165, 1.54) is 38.5 Å². The molecule has 0 amide bonds. The minimum atomic E-state index is -0.278. The van der Waals surface area contributed by atoms with Crippen LogP contribution in [-0.4, -0.2) is 44.2 Å². The zero-order chi connectivity index (χ0) is 14.7. The molecule has 0 saturated carbocycles. The second kappa shape index (κ2) is 12.2. The summed E-state index contributed by atoms with van der Waals surface area (Å²) in [7, 11) is 4.39. The molecule has 0 atom stereocenters. The van der Waals surface area contributed by atoms with E-state index in [1.807, 2.05) is 0 Å². The van der Waals surface area contributed by atoms with Crippen LogP contribution in [0.25, 0.3) is 0 Å². The molecule has 0 unspecified atom stereocenters. The number of hydrogen-bond acceptors (Lipinski definition) is 2. The van der Waals surface area contributed by atoms with Crippen LogP contribution in [0.15, 0.2) is 12.2 Å². The molecule has 0 rings (SSSR count). The van der Waals surface area contributed by atoms with E-state index in [-0.39, 0.29) is 18.4 Å². The third-order valence-corrected chi connectivity index (χ3v) is 3.40. The summed E-state index contributed by atoms with van der Waals surface area (Å²) in [6.07, 6.45) is 7.93. The molecule has 0 spiro atoms. The first-order chi connectivity index (χ1) is 8.89. The molecule has 0 aliphatic rings. The van der Waals surface area contributed by atoms with Gasteiger partial charge in [0.05, 0.1) is 20.6 Å². The molecule has 0 aromatic heterocycles. The number of ether oxygens (including phenoxy) is 1. The molecule has 120 valence electrons. The van der Waals surface area contributed by atoms with Crippen LogP contribution in [0, 0.1) is 0 Å². The molecule has 0 saturated heterocycles. The van der Waals surface area contributed by atoms with Crippen LogP contribution in [0.5, 0.6) is 0 Å². The van der Waals surface area contributed by atoms with Crippen LogP contribution in [0.1, 0.15) is 52.4 Å². The van der Waals surface area contributed by atoms with Gasteiger partial charge in [0.15, 0.2) is 0 Å². The number of hydrogen-bond donors (Lipinski definition) is 0. The van der Waals surface area contributed by atoms with Gasteiger partial charge in [-0.2, -0.15) is 0 Å². The van der Waals surface area contributed by atoms with Gasteiger partial charge in [-0.05, 0) is 19.8 Å². The van der Waals surface area contributed by atoms with E-state index in [9.17, 15) is 4.79 Å². The first kappa shape index (κ1) is 21.8. The van der Waals surface area contributed by atoms with Gasteiger partial charge in [-0.3, -0.25) is 0 Å². The Labute approximate surface area is 131 Å². The van der Waals surface area contributed by atoms with Gasteiger partial charge in [0.25, 0.3) is 0 Å². The normalized spacial score (nSPS) is 10.8. The van der Waals surface area contributed by atoms with E-state index in [4.69, 9.17) is 4.74 Å². The minimum Gasteiger partial charge on any atom is -1.00 e. The van der Waals surface area contributed by atoms with Crippen LogP contribution >= 0.6 is 0 Å². The van der Waals surface area contributed by atoms with E-state index in [0.717, 1.165) is 17.6 Å². The van der Waals surface area contributed by atoms with E-state index in [1.54, 1.807) is 6.92 Å². The highest BCUT2D eigenvalue weighted by Crippen LogP contribution is 2.08. The monoisotopic (exact) mass is 305 g/mol. The van der Waals surface area contributed by atoms with Crippen molar-refractivity contribution in [3.63, 3.8) is 0 Å². The average molecular weight is 306 g/mol. The number of rotatable bonds is 11. The Morgan fingerprint density at radius 2 is 1.60 bits per heavy atom. The van der Waals surface area contributed by atoms with Gasteiger partial charge in [-0.25, -0.2) is 4.79 Å². The molecule has 0 bridgehead atoms. The van der Waals surface area contributed by atoms with E-state index < -0.39 is 0 Å². The summed E-state index contributed by atoms with van der Waals surface area (Å²) in [5.74, 6) is -0.278. The smallest absolute Gasteiger partial charge is 0.333 e.